The highest BCUT2D eigenvalue weighted by Gasteiger charge is 2.59. The monoisotopic (exact) mass is 734 g/mol. The molecule has 0 spiro atoms. The standard InChI is InChI=1S/C32H53ClF2O7Si4/c1-37-25-17-14-21(27(34)28(25)35)18-22-19-23(15-16-24(22)33)32(36)31(42-46(11,12)13)30(41-45(8,9)10)29(40-44(5,6)7)26(39-32)20-38-43(2,3)4/h14-17,19,26,29-31,36H,18,20H2,1-13H3/t26-,29-,30+,31-,32+/m1/s1. The van der Waals surface area contributed by atoms with Gasteiger partial charge in [0.2, 0.25) is 11.6 Å². The van der Waals surface area contributed by atoms with Crippen LogP contribution in [0.15, 0.2) is 30.3 Å². The lowest BCUT2D eigenvalue weighted by molar-refractivity contribution is -0.348. The first-order valence-electron chi connectivity index (χ1n) is 15.7. The third-order valence-electron chi connectivity index (χ3n) is 7.03. The van der Waals surface area contributed by atoms with Crippen molar-refractivity contribution in [2.24, 2.45) is 0 Å². The van der Waals surface area contributed by atoms with Crippen molar-refractivity contribution in [3.63, 3.8) is 0 Å². The molecule has 0 amide bonds. The Hall–Kier alpha value is -0.982. The van der Waals surface area contributed by atoms with Gasteiger partial charge in [0.1, 0.15) is 24.4 Å². The van der Waals surface area contributed by atoms with Crippen LogP contribution in [0, 0.1) is 11.6 Å². The molecule has 0 aliphatic carbocycles. The highest BCUT2D eigenvalue weighted by molar-refractivity contribution is 6.71. The molecule has 260 valence electrons. The lowest BCUT2D eigenvalue weighted by Crippen LogP contribution is -2.69. The Labute approximate surface area is 283 Å². The maximum Gasteiger partial charge on any atom is 0.221 e. The summed E-state index contributed by atoms with van der Waals surface area (Å²) in [6.07, 6.45) is -2.96. The van der Waals surface area contributed by atoms with Gasteiger partial charge < -0.3 is 32.3 Å². The van der Waals surface area contributed by atoms with Crippen molar-refractivity contribution in [3.05, 3.63) is 63.7 Å². The minimum atomic E-state index is -2.35. The van der Waals surface area contributed by atoms with Crippen LogP contribution in [0.25, 0.3) is 0 Å². The maximum atomic E-state index is 15.0. The van der Waals surface area contributed by atoms with Crippen LogP contribution in [0.1, 0.15) is 16.7 Å². The van der Waals surface area contributed by atoms with Gasteiger partial charge in [-0.05, 0) is 108 Å². The summed E-state index contributed by atoms with van der Waals surface area (Å²) in [5.74, 6) is -4.30. The van der Waals surface area contributed by atoms with Crippen molar-refractivity contribution in [3.8, 4) is 5.75 Å². The molecule has 1 saturated heterocycles. The van der Waals surface area contributed by atoms with Crippen molar-refractivity contribution >= 4 is 44.9 Å². The predicted molar refractivity (Wildman–Crippen MR) is 190 cm³/mol. The highest BCUT2D eigenvalue weighted by Crippen LogP contribution is 2.44. The molecule has 1 aliphatic heterocycles. The molecule has 2 aromatic rings. The first kappa shape index (κ1) is 39.5. The molecule has 0 unspecified atom stereocenters. The maximum absolute atomic E-state index is 15.0. The summed E-state index contributed by atoms with van der Waals surface area (Å²) in [4.78, 5) is 0. The number of rotatable bonds is 13. The highest BCUT2D eigenvalue weighted by atomic mass is 35.5. The zero-order chi connectivity index (χ0) is 35.0. The van der Waals surface area contributed by atoms with E-state index in [0.717, 1.165) is 0 Å². The number of methoxy groups -OCH3 is 1. The number of halogens is 3. The van der Waals surface area contributed by atoms with Crippen LogP contribution in [-0.4, -0.2) is 76.5 Å². The molecule has 1 aliphatic rings. The largest absolute Gasteiger partial charge is 0.494 e. The fraction of sp³-hybridized carbons (Fsp3) is 0.625. The Morgan fingerprint density at radius 2 is 1.33 bits per heavy atom. The van der Waals surface area contributed by atoms with Crippen LogP contribution in [0.2, 0.25) is 83.6 Å². The summed E-state index contributed by atoms with van der Waals surface area (Å²) in [6.45, 7) is 25.2. The Balaban J connectivity index is 2.23. The molecule has 5 atom stereocenters. The van der Waals surface area contributed by atoms with Gasteiger partial charge >= 0.3 is 0 Å². The molecule has 0 aromatic heterocycles. The molecule has 7 nitrogen and oxygen atoms in total. The summed E-state index contributed by atoms with van der Waals surface area (Å²) < 4.78 is 68.2. The summed E-state index contributed by atoms with van der Waals surface area (Å²) in [5.41, 5.74) is 0.927. The third kappa shape index (κ3) is 10.5. The first-order valence-corrected chi connectivity index (χ1v) is 29.7. The van der Waals surface area contributed by atoms with E-state index in [2.05, 4.69) is 58.9 Å². The first-order chi connectivity index (χ1) is 20.8. The summed E-state index contributed by atoms with van der Waals surface area (Å²) in [6, 6.07) is 7.82. The molecular formula is C32H53ClF2O7Si4. The van der Waals surface area contributed by atoms with E-state index in [4.69, 9.17) is 38.8 Å². The SMILES string of the molecule is COc1ccc(Cc2cc([C@]3(O)O[C@H](CO[Si](C)(C)C)[C@@H](O[Si](C)(C)C)[C@H](O[Si](C)(C)C)[C@H]3O[Si](C)(C)C)ccc2Cl)c(F)c1F. The molecule has 0 radical (unpaired) electrons. The van der Waals surface area contributed by atoms with Gasteiger partial charge in [0.15, 0.2) is 44.8 Å². The smallest absolute Gasteiger partial charge is 0.221 e. The summed E-state index contributed by atoms with van der Waals surface area (Å²) in [7, 11) is -7.52. The molecule has 1 N–H and O–H groups in total. The molecular weight excluding hydrogens is 682 g/mol. The van der Waals surface area contributed by atoms with Gasteiger partial charge in [0.05, 0.1) is 13.7 Å². The van der Waals surface area contributed by atoms with Crippen LogP contribution in [0.3, 0.4) is 0 Å². The third-order valence-corrected chi connectivity index (χ3v) is 11.4. The number of aliphatic hydroxyl groups is 1. The number of hydrogen-bond donors (Lipinski definition) is 1. The van der Waals surface area contributed by atoms with Crippen LogP contribution in [-0.2, 0) is 34.6 Å². The molecule has 1 fully saturated rings. The quantitative estimate of drug-likeness (QED) is 0.208. The second-order valence-electron chi connectivity index (χ2n) is 15.9. The van der Waals surface area contributed by atoms with E-state index in [1.165, 1.54) is 19.2 Å². The number of hydrogen-bond acceptors (Lipinski definition) is 7. The Morgan fingerprint density at radius 3 is 1.85 bits per heavy atom. The molecule has 0 bridgehead atoms. The molecule has 3 rings (SSSR count). The fourth-order valence-electron chi connectivity index (χ4n) is 5.28. The van der Waals surface area contributed by atoms with Gasteiger partial charge in [0, 0.05) is 17.0 Å². The van der Waals surface area contributed by atoms with Crippen molar-refractivity contribution < 1.29 is 41.1 Å². The van der Waals surface area contributed by atoms with E-state index < -0.39 is 75.1 Å². The van der Waals surface area contributed by atoms with Gasteiger partial charge in [0.25, 0.3) is 0 Å². The van der Waals surface area contributed by atoms with E-state index in [1.807, 2.05) is 19.6 Å². The summed E-state index contributed by atoms with van der Waals surface area (Å²) in [5, 5.41) is 13.2. The Kier molecular flexibility index (Phi) is 12.4. The van der Waals surface area contributed by atoms with E-state index in [0.29, 0.717) is 16.1 Å². The van der Waals surface area contributed by atoms with Crippen molar-refractivity contribution in [2.45, 2.75) is 115 Å². The lowest BCUT2D eigenvalue weighted by atomic mass is 9.87. The molecule has 2 aromatic carbocycles. The zero-order valence-electron chi connectivity index (χ0n) is 29.6. The summed E-state index contributed by atoms with van der Waals surface area (Å²) >= 11 is 6.63. The van der Waals surface area contributed by atoms with Gasteiger partial charge in [-0.25, -0.2) is 4.39 Å². The lowest BCUT2D eigenvalue weighted by Gasteiger charge is -2.54. The average Bonchev–Trinajstić information content (AvgIpc) is 2.88. The molecule has 0 saturated carbocycles. The van der Waals surface area contributed by atoms with E-state index >= 15 is 4.39 Å². The molecule has 46 heavy (non-hydrogen) atoms. The van der Waals surface area contributed by atoms with Crippen LogP contribution in [0.5, 0.6) is 5.75 Å². The second kappa shape index (κ2) is 14.5. The van der Waals surface area contributed by atoms with Gasteiger partial charge in [-0.15, -0.1) is 0 Å². The van der Waals surface area contributed by atoms with Crippen molar-refractivity contribution in [1.29, 1.82) is 0 Å². The molecule has 14 heteroatoms. The topological polar surface area (TPSA) is 75.6 Å². The van der Waals surface area contributed by atoms with Crippen LogP contribution in [0.4, 0.5) is 8.78 Å². The van der Waals surface area contributed by atoms with Gasteiger partial charge in [-0.1, -0.05) is 23.7 Å². The van der Waals surface area contributed by atoms with Crippen molar-refractivity contribution in [2.75, 3.05) is 13.7 Å². The van der Waals surface area contributed by atoms with Crippen LogP contribution < -0.4 is 4.74 Å². The van der Waals surface area contributed by atoms with E-state index in [-0.39, 0.29) is 24.3 Å². The number of ether oxygens (including phenoxy) is 2. The second-order valence-corrected chi connectivity index (χ2v) is 34.2. The van der Waals surface area contributed by atoms with Gasteiger partial charge in [-0.3, -0.25) is 0 Å². The van der Waals surface area contributed by atoms with E-state index in [1.54, 1.807) is 18.2 Å². The van der Waals surface area contributed by atoms with E-state index in [9.17, 15) is 9.50 Å². The fourth-order valence-corrected chi connectivity index (χ4v) is 9.37. The van der Waals surface area contributed by atoms with Crippen molar-refractivity contribution in [1.82, 2.24) is 0 Å². The normalized spacial score (nSPS) is 24.7. The number of benzene rings is 2. The van der Waals surface area contributed by atoms with Gasteiger partial charge in [-0.2, -0.15) is 4.39 Å². The molecule has 1 heterocycles. The zero-order valence-corrected chi connectivity index (χ0v) is 34.4. The Morgan fingerprint density at radius 1 is 0.761 bits per heavy atom. The predicted octanol–water partition coefficient (Wildman–Crippen LogP) is 8.27. The van der Waals surface area contributed by atoms with Crippen LogP contribution >= 0.6 is 11.6 Å². The minimum absolute atomic E-state index is 0.0343. The Bertz CT molecular complexity index is 1360. The average molecular weight is 736 g/mol. The minimum Gasteiger partial charge on any atom is -0.494 e.